The Morgan fingerprint density at radius 3 is 1.50 bits per heavy atom. The van der Waals surface area contributed by atoms with Crippen LogP contribution in [-0.4, -0.2) is 0 Å². The number of hydrogen-bond donors (Lipinski definition) is 2. The van der Waals surface area contributed by atoms with E-state index in [1.165, 1.54) is 9.75 Å². The van der Waals surface area contributed by atoms with E-state index in [4.69, 9.17) is 11.5 Å². The van der Waals surface area contributed by atoms with E-state index in [0.717, 1.165) is 11.4 Å². The summed E-state index contributed by atoms with van der Waals surface area (Å²) in [5.41, 5.74) is 12.9. The molecular weight excluding hydrogens is 188 g/mol. The second-order valence-corrected chi connectivity index (χ2v) is 4.31. The lowest BCUT2D eigenvalue weighted by Gasteiger charge is -1.86. The third-order valence-corrected chi connectivity index (χ3v) is 3.57. The number of hydrogen-bond acceptors (Lipinski definition) is 4. The van der Waals surface area contributed by atoms with E-state index in [0.29, 0.717) is 0 Å². The normalized spacial score (nSPS) is 10.3. The second kappa shape index (κ2) is 2.80. The summed E-state index contributed by atoms with van der Waals surface area (Å²) in [6.07, 6.45) is 0. The van der Waals surface area contributed by atoms with Crippen molar-refractivity contribution in [2.45, 2.75) is 0 Å². The van der Waals surface area contributed by atoms with Crippen LogP contribution in [0.5, 0.6) is 0 Å². The predicted molar refractivity (Wildman–Crippen MR) is 56.5 cm³/mol. The van der Waals surface area contributed by atoms with Crippen molar-refractivity contribution < 1.29 is 0 Å². The van der Waals surface area contributed by atoms with Crippen molar-refractivity contribution in [2.24, 2.45) is 0 Å². The van der Waals surface area contributed by atoms with Crippen LogP contribution in [0.3, 0.4) is 0 Å². The molecule has 0 unspecified atom stereocenters. The Labute approximate surface area is 78.4 Å². The highest BCUT2D eigenvalue weighted by Crippen LogP contribution is 2.33. The van der Waals surface area contributed by atoms with Crippen LogP contribution in [0.25, 0.3) is 9.75 Å². The molecule has 0 saturated carbocycles. The molecule has 0 radical (unpaired) electrons. The van der Waals surface area contributed by atoms with Gasteiger partial charge in [-0.1, -0.05) is 0 Å². The molecule has 0 aromatic carbocycles. The lowest BCUT2D eigenvalue weighted by molar-refractivity contribution is 1.84. The van der Waals surface area contributed by atoms with Crippen LogP contribution in [-0.2, 0) is 0 Å². The van der Waals surface area contributed by atoms with Crippen LogP contribution >= 0.6 is 22.7 Å². The molecule has 62 valence electrons. The van der Waals surface area contributed by atoms with E-state index in [1.54, 1.807) is 22.7 Å². The maximum Gasteiger partial charge on any atom is 0.0464 e. The summed E-state index contributed by atoms with van der Waals surface area (Å²) < 4.78 is 0. The quantitative estimate of drug-likeness (QED) is 0.736. The summed E-state index contributed by atoms with van der Waals surface area (Å²) in [5.74, 6) is 0. The Morgan fingerprint density at radius 1 is 0.833 bits per heavy atom. The van der Waals surface area contributed by atoms with Gasteiger partial charge in [0.1, 0.15) is 0 Å². The van der Waals surface area contributed by atoms with Gasteiger partial charge in [-0.3, -0.25) is 0 Å². The lowest BCUT2D eigenvalue weighted by Crippen LogP contribution is -1.76. The standard InChI is InChI=1S/C8H8N2S2/c9-5-1-7(11-3-5)8-2-6(10)4-12-8/h1-4H,9-10H2. The zero-order chi connectivity index (χ0) is 8.55. The Kier molecular flexibility index (Phi) is 1.78. The van der Waals surface area contributed by atoms with Crippen molar-refractivity contribution >= 4 is 34.0 Å². The van der Waals surface area contributed by atoms with Gasteiger partial charge in [0.25, 0.3) is 0 Å². The Morgan fingerprint density at radius 2 is 1.25 bits per heavy atom. The summed E-state index contributed by atoms with van der Waals surface area (Å²) in [4.78, 5) is 2.38. The molecule has 0 bridgehead atoms. The largest absolute Gasteiger partial charge is 0.398 e. The topological polar surface area (TPSA) is 52.0 Å². The van der Waals surface area contributed by atoms with Gasteiger partial charge in [0.15, 0.2) is 0 Å². The minimum absolute atomic E-state index is 0.821. The molecule has 4 N–H and O–H groups in total. The van der Waals surface area contributed by atoms with Gasteiger partial charge >= 0.3 is 0 Å². The number of thiophene rings is 2. The molecule has 4 heteroatoms. The molecule has 2 heterocycles. The molecule has 2 aromatic heterocycles. The van der Waals surface area contributed by atoms with Crippen LogP contribution < -0.4 is 11.5 Å². The number of nitrogens with two attached hydrogens (primary N) is 2. The Hall–Kier alpha value is -1.000. The third kappa shape index (κ3) is 1.31. The second-order valence-electron chi connectivity index (χ2n) is 2.49. The zero-order valence-electron chi connectivity index (χ0n) is 6.28. The molecule has 0 atom stereocenters. The third-order valence-electron chi connectivity index (χ3n) is 1.48. The van der Waals surface area contributed by atoms with E-state index in [1.807, 2.05) is 22.9 Å². The van der Waals surface area contributed by atoms with E-state index < -0.39 is 0 Å². The molecule has 2 rings (SSSR count). The first-order chi connectivity index (χ1) is 5.75. The highest BCUT2D eigenvalue weighted by molar-refractivity contribution is 7.20. The predicted octanol–water partition coefficient (Wildman–Crippen LogP) is 2.64. The van der Waals surface area contributed by atoms with E-state index in [9.17, 15) is 0 Å². The average Bonchev–Trinajstić information content (AvgIpc) is 2.58. The zero-order valence-corrected chi connectivity index (χ0v) is 7.91. The van der Waals surface area contributed by atoms with Gasteiger partial charge in [-0.2, -0.15) is 0 Å². The van der Waals surface area contributed by atoms with Crippen LogP contribution in [0.15, 0.2) is 22.9 Å². The summed E-state index contributed by atoms with van der Waals surface area (Å²) in [7, 11) is 0. The van der Waals surface area contributed by atoms with Crippen molar-refractivity contribution in [3.8, 4) is 9.75 Å². The number of anilines is 2. The summed E-state index contributed by atoms with van der Waals surface area (Å²) >= 11 is 3.29. The fourth-order valence-electron chi connectivity index (χ4n) is 0.960. The highest BCUT2D eigenvalue weighted by Gasteiger charge is 2.02. The van der Waals surface area contributed by atoms with Gasteiger partial charge in [-0.25, -0.2) is 0 Å². The minimum Gasteiger partial charge on any atom is -0.398 e. The van der Waals surface area contributed by atoms with Crippen molar-refractivity contribution in [1.29, 1.82) is 0 Å². The van der Waals surface area contributed by atoms with Crippen molar-refractivity contribution in [2.75, 3.05) is 11.5 Å². The lowest BCUT2D eigenvalue weighted by atomic mass is 10.3. The molecule has 0 amide bonds. The summed E-state index contributed by atoms with van der Waals surface area (Å²) in [6.45, 7) is 0. The number of nitrogen functional groups attached to an aromatic ring is 2. The van der Waals surface area contributed by atoms with Crippen LogP contribution in [0.1, 0.15) is 0 Å². The molecule has 0 saturated heterocycles. The first kappa shape index (κ1) is 7.64. The van der Waals surface area contributed by atoms with Crippen LogP contribution in [0.2, 0.25) is 0 Å². The SMILES string of the molecule is Nc1csc(-c2cc(N)cs2)c1. The van der Waals surface area contributed by atoms with Crippen LogP contribution in [0.4, 0.5) is 11.4 Å². The maximum absolute atomic E-state index is 5.61. The van der Waals surface area contributed by atoms with E-state index >= 15 is 0 Å². The molecule has 0 aliphatic heterocycles. The minimum atomic E-state index is 0.821. The van der Waals surface area contributed by atoms with Crippen molar-refractivity contribution in [3.63, 3.8) is 0 Å². The molecule has 12 heavy (non-hydrogen) atoms. The first-order valence-electron chi connectivity index (χ1n) is 3.44. The molecule has 0 aliphatic carbocycles. The molecule has 0 spiro atoms. The average molecular weight is 196 g/mol. The Bertz CT molecular complexity index is 351. The van der Waals surface area contributed by atoms with E-state index in [2.05, 4.69) is 0 Å². The summed E-state index contributed by atoms with van der Waals surface area (Å²) in [6, 6.07) is 3.94. The van der Waals surface area contributed by atoms with Gasteiger partial charge in [0.2, 0.25) is 0 Å². The Balaban J connectivity index is 2.43. The molecule has 0 aliphatic rings. The summed E-state index contributed by atoms with van der Waals surface area (Å²) in [5, 5.41) is 3.87. The van der Waals surface area contributed by atoms with E-state index in [-0.39, 0.29) is 0 Å². The molecule has 0 fully saturated rings. The van der Waals surface area contributed by atoms with Crippen LogP contribution in [0, 0.1) is 0 Å². The number of rotatable bonds is 1. The van der Waals surface area contributed by atoms with Gasteiger partial charge in [-0.05, 0) is 12.1 Å². The first-order valence-corrected chi connectivity index (χ1v) is 5.20. The van der Waals surface area contributed by atoms with Gasteiger partial charge in [0, 0.05) is 31.9 Å². The van der Waals surface area contributed by atoms with Gasteiger partial charge < -0.3 is 11.5 Å². The monoisotopic (exact) mass is 196 g/mol. The smallest absolute Gasteiger partial charge is 0.0464 e. The fourth-order valence-corrected chi connectivity index (χ4v) is 2.67. The molecule has 2 aromatic rings. The maximum atomic E-state index is 5.61. The molecular formula is C8H8N2S2. The molecule has 2 nitrogen and oxygen atoms in total. The van der Waals surface area contributed by atoms with Crippen molar-refractivity contribution in [3.05, 3.63) is 22.9 Å². The van der Waals surface area contributed by atoms with Gasteiger partial charge in [-0.15, -0.1) is 22.7 Å². The highest BCUT2D eigenvalue weighted by atomic mass is 32.1. The van der Waals surface area contributed by atoms with Crippen molar-refractivity contribution in [1.82, 2.24) is 0 Å². The van der Waals surface area contributed by atoms with Gasteiger partial charge in [0.05, 0.1) is 0 Å². The fraction of sp³-hybridized carbons (Fsp3) is 0.